The quantitative estimate of drug-likeness (QED) is 0.0950. The first-order valence-electron chi connectivity index (χ1n) is 15.7. The lowest BCUT2D eigenvalue weighted by atomic mass is 9.97. The summed E-state index contributed by atoms with van der Waals surface area (Å²) in [5, 5.41) is 11.7. The summed E-state index contributed by atoms with van der Waals surface area (Å²) < 4.78 is 37.2. The number of carboxylic acid groups (broad SMARTS) is 1. The maximum Gasteiger partial charge on any atom is 0.405 e. The minimum atomic E-state index is -3.45. The number of hydrogen-bond acceptors (Lipinski definition) is 7. The van der Waals surface area contributed by atoms with E-state index in [1.807, 2.05) is 54.0 Å². The Hall–Kier alpha value is -2.73. The van der Waals surface area contributed by atoms with Gasteiger partial charge in [-0.2, -0.15) is 0 Å². The number of hydrogen-bond donors (Lipinski definition) is 4. The molecule has 2 aromatic carbocycles. The number of amides is 2. The van der Waals surface area contributed by atoms with Gasteiger partial charge in [-0.05, 0) is 47.8 Å². The normalized spacial score (nSPS) is 18.2. The molecule has 0 unspecified atom stereocenters. The largest absolute Gasteiger partial charge is 0.465 e. The number of nitrogens with one attached hydrogen (secondary N) is 1. The topological polar surface area (TPSA) is 146 Å². The zero-order valence-electron chi connectivity index (χ0n) is 28.1. The molecule has 1 aliphatic rings. The summed E-state index contributed by atoms with van der Waals surface area (Å²) in [5.74, 6) is 0.205. The number of carbonyl (C=O) groups excluding carboxylic acids is 1. The summed E-state index contributed by atoms with van der Waals surface area (Å²) >= 11 is 0. The summed E-state index contributed by atoms with van der Waals surface area (Å²) in [4.78, 5) is 29.7. The van der Waals surface area contributed by atoms with Crippen molar-refractivity contribution in [1.29, 1.82) is 0 Å². The van der Waals surface area contributed by atoms with E-state index in [1.54, 1.807) is 0 Å². The molecule has 0 spiro atoms. The Bertz CT molecular complexity index is 1540. The van der Waals surface area contributed by atoms with E-state index in [1.165, 1.54) is 0 Å². The SMILES string of the molecule is Cc1cc(C[C@H](NC(=O)O)c2nc3ccccc3n2COCC[Si](C)(C)C)ccc1[C@@H]1CC(=O)N(COCC[Si](C)(C)C)S1(O)O. The predicted octanol–water partition coefficient (Wildman–Crippen LogP) is 7.46. The van der Waals surface area contributed by atoms with E-state index < -0.39 is 44.3 Å². The van der Waals surface area contributed by atoms with Crippen LogP contribution in [-0.4, -0.2) is 76.2 Å². The Morgan fingerprint density at radius 2 is 1.65 bits per heavy atom. The van der Waals surface area contributed by atoms with Crippen LogP contribution >= 0.6 is 10.8 Å². The molecular formula is C32H50N4O7SSi2. The number of nitrogens with zero attached hydrogens (tertiary/aromatic N) is 3. The maximum atomic E-state index is 12.9. The first-order valence-corrected chi connectivity index (χ1v) is 24.7. The van der Waals surface area contributed by atoms with Gasteiger partial charge in [-0.25, -0.2) is 14.1 Å². The average molecular weight is 691 g/mol. The average Bonchev–Trinajstić information content (AvgIpc) is 3.41. The highest BCUT2D eigenvalue weighted by molar-refractivity contribution is 8.23. The van der Waals surface area contributed by atoms with E-state index in [-0.39, 0.29) is 25.8 Å². The molecule has 2 atom stereocenters. The van der Waals surface area contributed by atoms with Gasteiger partial charge in [0, 0.05) is 35.8 Å². The van der Waals surface area contributed by atoms with Crippen LogP contribution in [-0.2, 0) is 27.4 Å². The Morgan fingerprint density at radius 1 is 1.02 bits per heavy atom. The molecule has 46 heavy (non-hydrogen) atoms. The highest BCUT2D eigenvalue weighted by Crippen LogP contribution is 2.63. The van der Waals surface area contributed by atoms with E-state index in [2.05, 4.69) is 44.6 Å². The zero-order valence-corrected chi connectivity index (χ0v) is 30.9. The van der Waals surface area contributed by atoms with Crippen LogP contribution in [0.3, 0.4) is 0 Å². The number of rotatable bonds is 15. The third kappa shape index (κ3) is 9.21. The van der Waals surface area contributed by atoms with Crippen LogP contribution in [0.25, 0.3) is 11.0 Å². The van der Waals surface area contributed by atoms with Crippen molar-refractivity contribution in [1.82, 2.24) is 19.2 Å². The monoisotopic (exact) mass is 690 g/mol. The van der Waals surface area contributed by atoms with Crippen LogP contribution in [0, 0.1) is 6.92 Å². The van der Waals surface area contributed by atoms with E-state index >= 15 is 0 Å². The van der Waals surface area contributed by atoms with Crippen molar-refractivity contribution in [3.63, 3.8) is 0 Å². The van der Waals surface area contributed by atoms with Gasteiger partial charge in [0.1, 0.15) is 24.5 Å². The molecule has 1 saturated heterocycles. The Balaban J connectivity index is 1.55. The second-order valence-electron chi connectivity index (χ2n) is 14.5. The van der Waals surface area contributed by atoms with Gasteiger partial charge in [-0.15, -0.1) is 10.8 Å². The lowest BCUT2D eigenvalue weighted by Gasteiger charge is -2.41. The molecule has 3 aromatic rings. The summed E-state index contributed by atoms with van der Waals surface area (Å²) in [5.41, 5.74) is 3.91. The molecule has 11 nitrogen and oxygen atoms in total. The smallest absolute Gasteiger partial charge is 0.405 e. The van der Waals surface area contributed by atoms with Crippen molar-refractivity contribution in [2.75, 3.05) is 19.9 Å². The van der Waals surface area contributed by atoms with Gasteiger partial charge in [0.05, 0.1) is 23.5 Å². The van der Waals surface area contributed by atoms with E-state index in [0.717, 1.165) is 38.6 Å². The van der Waals surface area contributed by atoms with Crippen molar-refractivity contribution in [2.45, 2.75) is 89.2 Å². The molecule has 0 bridgehead atoms. The Kier molecular flexibility index (Phi) is 11.4. The first kappa shape index (κ1) is 36.1. The molecule has 0 radical (unpaired) electrons. The molecule has 2 amide bonds. The summed E-state index contributed by atoms with van der Waals surface area (Å²) in [7, 11) is -6.07. The van der Waals surface area contributed by atoms with Crippen LogP contribution < -0.4 is 5.32 Å². The third-order valence-electron chi connectivity index (χ3n) is 8.18. The number of benzene rings is 2. The van der Waals surface area contributed by atoms with Crippen molar-refractivity contribution >= 4 is 50.0 Å². The van der Waals surface area contributed by atoms with Crippen LogP contribution in [0.15, 0.2) is 42.5 Å². The van der Waals surface area contributed by atoms with Crippen LogP contribution in [0.2, 0.25) is 51.4 Å². The molecule has 0 aliphatic carbocycles. The molecule has 4 N–H and O–H groups in total. The highest BCUT2D eigenvalue weighted by Gasteiger charge is 2.46. The van der Waals surface area contributed by atoms with E-state index in [4.69, 9.17) is 14.5 Å². The second-order valence-corrected chi connectivity index (χ2v) is 27.9. The van der Waals surface area contributed by atoms with Crippen molar-refractivity contribution in [3.05, 3.63) is 65.0 Å². The van der Waals surface area contributed by atoms with E-state index in [9.17, 15) is 23.8 Å². The number of ether oxygens (including phenoxy) is 2. The lowest BCUT2D eigenvalue weighted by Crippen LogP contribution is -2.31. The third-order valence-corrected chi connectivity index (χ3v) is 13.7. The van der Waals surface area contributed by atoms with Gasteiger partial charge < -0.3 is 24.5 Å². The minimum absolute atomic E-state index is 0.0230. The molecule has 0 saturated carbocycles. The molecule has 2 heterocycles. The van der Waals surface area contributed by atoms with Crippen LogP contribution in [0.1, 0.15) is 40.2 Å². The van der Waals surface area contributed by atoms with Crippen molar-refractivity contribution in [2.24, 2.45) is 0 Å². The van der Waals surface area contributed by atoms with Gasteiger partial charge in [-0.3, -0.25) is 13.9 Å². The van der Waals surface area contributed by atoms with Gasteiger partial charge >= 0.3 is 6.09 Å². The fraction of sp³-hybridized carbons (Fsp3) is 0.531. The maximum absolute atomic E-state index is 12.9. The Labute approximate surface area is 275 Å². The number of aryl methyl sites for hydroxylation is 1. The second kappa shape index (κ2) is 14.6. The fourth-order valence-corrected chi connectivity index (χ4v) is 8.87. The molecule has 1 aromatic heterocycles. The molecule has 1 fully saturated rings. The predicted molar refractivity (Wildman–Crippen MR) is 189 cm³/mol. The van der Waals surface area contributed by atoms with Crippen molar-refractivity contribution < 1.29 is 33.3 Å². The Morgan fingerprint density at radius 3 is 2.26 bits per heavy atom. The van der Waals surface area contributed by atoms with Crippen LogP contribution in [0.4, 0.5) is 4.79 Å². The molecule has 254 valence electrons. The number of para-hydroxylation sites is 2. The summed E-state index contributed by atoms with van der Waals surface area (Å²) in [6, 6.07) is 14.5. The number of imidazole rings is 1. The molecular weight excluding hydrogens is 641 g/mol. The van der Waals surface area contributed by atoms with Crippen molar-refractivity contribution in [3.8, 4) is 0 Å². The zero-order chi connectivity index (χ0) is 33.9. The van der Waals surface area contributed by atoms with Gasteiger partial charge in [-0.1, -0.05) is 69.6 Å². The standard InChI is InChI=1S/C32H50N4O7SSi2/c1-23-18-24(12-13-25(23)29-20-30(37)36(44(29,40)41)22-43-15-17-46(5,6)7)19-27(34-32(38)39)31-33-26-10-8-9-11-28(26)35(31)21-42-14-16-45(2,3)4/h8-13,18,27,29,34,40-41H,14-17,19-22H2,1-7H3,(H,38,39)/t27-,29-/m0/s1. The highest BCUT2D eigenvalue weighted by atomic mass is 32.3. The van der Waals surface area contributed by atoms with Gasteiger partial charge in [0.25, 0.3) is 0 Å². The summed E-state index contributed by atoms with van der Waals surface area (Å²) in [6.07, 6.45) is -0.880. The number of fused-ring (bicyclic) bond motifs is 1. The first-order chi connectivity index (χ1) is 21.5. The van der Waals surface area contributed by atoms with E-state index in [0.29, 0.717) is 31.0 Å². The minimum Gasteiger partial charge on any atom is -0.465 e. The molecule has 4 rings (SSSR count). The van der Waals surface area contributed by atoms with Gasteiger partial charge in [0.2, 0.25) is 5.91 Å². The fourth-order valence-electron chi connectivity index (χ4n) is 5.48. The van der Waals surface area contributed by atoms with Gasteiger partial charge in [0.15, 0.2) is 0 Å². The lowest BCUT2D eigenvalue weighted by molar-refractivity contribution is -0.128. The number of carbonyl (C=O) groups is 2. The summed E-state index contributed by atoms with van der Waals surface area (Å²) in [6.45, 7) is 16.6. The molecule has 1 aliphatic heterocycles. The van der Waals surface area contributed by atoms with Crippen LogP contribution in [0.5, 0.6) is 0 Å². The number of aromatic nitrogens is 2. The molecule has 14 heteroatoms.